The lowest BCUT2D eigenvalue weighted by atomic mass is 10.1. The van der Waals surface area contributed by atoms with E-state index in [0.717, 1.165) is 23.1 Å². The van der Waals surface area contributed by atoms with Crippen LogP contribution in [0.3, 0.4) is 0 Å². The van der Waals surface area contributed by atoms with Crippen LogP contribution in [0, 0.1) is 0 Å². The molecule has 0 radical (unpaired) electrons. The average molecular weight is 334 g/mol. The van der Waals surface area contributed by atoms with Gasteiger partial charge in [0.2, 0.25) is 0 Å². The minimum Gasteiger partial charge on any atom is -0.488 e. The van der Waals surface area contributed by atoms with Crippen molar-refractivity contribution >= 4 is 15.9 Å². The zero-order valence-corrected chi connectivity index (χ0v) is 13.3. The van der Waals surface area contributed by atoms with Crippen molar-refractivity contribution in [2.45, 2.75) is 26.4 Å². The second-order valence-corrected chi connectivity index (χ2v) is 5.62. The Bertz CT molecular complexity index is 551. The molecule has 2 aromatic carbocycles. The summed E-state index contributed by atoms with van der Waals surface area (Å²) in [6, 6.07) is 14.7. The number of nitrogens with two attached hydrogens (primary N) is 1. The van der Waals surface area contributed by atoms with Crippen LogP contribution in [0.2, 0.25) is 0 Å². The topological polar surface area (TPSA) is 35.2 Å². The molecule has 106 valence electrons. The van der Waals surface area contributed by atoms with Crippen LogP contribution in [-0.4, -0.2) is 6.54 Å². The van der Waals surface area contributed by atoms with Gasteiger partial charge in [0.1, 0.15) is 12.4 Å². The fraction of sp³-hybridized carbons (Fsp3) is 0.294. The van der Waals surface area contributed by atoms with Gasteiger partial charge in [-0.05, 0) is 64.1 Å². The maximum atomic E-state index is 5.85. The molecule has 0 fully saturated rings. The monoisotopic (exact) mass is 333 g/mol. The van der Waals surface area contributed by atoms with Crippen molar-refractivity contribution in [3.63, 3.8) is 0 Å². The first-order valence-corrected chi connectivity index (χ1v) is 7.71. The van der Waals surface area contributed by atoms with E-state index in [4.69, 9.17) is 10.5 Å². The number of halogens is 1. The summed E-state index contributed by atoms with van der Waals surface area (Å²) in [5.41, 5.74) is 9.31. The zero-order chi connectivity index (χ0) is 14.4. The fourth-order valence-electron chi connectivity index (χ4n) is 2.02. The van der Waals surface area contributed by atoms with Gasteiger partial charge >= 0.3 is 0 Å². The average Bonchev–Trinajstić information content (AvgIpc) is 2.47. The third kappa shape index (κ3) is 4.09. The normalized spacial score (nSPS) is 10.6. The Morgan fingerprint density at radius 1 is 1.00 bits per heavy atom. The highest BCUT2D eigenvalue weighted by Crippen LogP contribution is 2.27. The second kappa shape index (κ2) is 7.46. The van der Waals surface area contributed by atoms with E-state index < -0.39 is 0 Å². The molecule has 0 spiro atoms. The summed E-state index contributed by atoms with van der Waals surface area (Å²) in [5, 5.41) is 0. The molecule has 0 bridgehead atoms. The first kappa shape index (κ1) is 15.1. The number of ether oxygens (including phenoxy) is 1. The predicted octanol–water partition coefficient (Wildman–Crippen LogP) is 4.09. The molecule has 2 rings (SSSR count). The molecule has 0 aliphatic heterocycles. The summed E-state index contributed by atoms with van der Waals surface area (Å²) in [5.74, 6) is 0.866. The fourth-order valence-corrected chi connectivity index (χ4v) is 2.56. The Kier molecular flexibility index (Phi) is 5.62. The molecule has 0 saturated heterocycles. The van der Waals surface area contributed by atoms with Gasteiger partial charge in [0.15, 0.2) is 0 Å². The van der Waals surface area contributed by atoms with Gasteiger partial charge < -0.3 is 10.5 Å². The lowest BCUT2D eigenvalue weighted by Crippen LogP contribution is -2.03. The molecule has 20 heavy (non-hydrogen) atoms. The minimum atomic E-state index is 0.582. The molecule has 0 heterocycles. The summed E-state index contributed by atoms with van der Waals surface area (Å²) in [6.45, 7) is 3.40. The molecular formula is C17H20BrNO. The van der Waals surface area contributed by atoms with Crippen molar-refractivity contribution < 1.29 is 4.74 Å². The molecule has 0 unspecified atom stereocenters. The molecule has 0 aromatic heterocycles. The van der Waals surface area contributed by atoms with Crippen LogP contribution in [0.5, 0.6) is 5.75 Å². The lowest BCUT2D eigenvalue weighted by Gasteiger charge is -2.10. The Morgan fingerprint density at radius 3 is 2.25 bits per heavy atom. The predicted molar refractivity (Wildman–Crippen MR) is 87.1 cm³/mol. The summed E-state index contributed by atoms with van der Waals surface area (Å²) in [7, 11) is 0. The molecule has 3 heteroatoms. The van der Waals surface area contributed by atoms with Gasteiger partial charge in [0, 0.05) is 0 Å². The molecule has 0 atom stereocenters. The molecule has 2 nitrogen and oxygen atoms in total. The lowest BCUT2D eigenvalue weighted by molar-refractivity contribution is 0.304. The smallest absolute Gasteiger partial charge is 0.134 e. The molecule has 2 N–H and O–H groups in total. The van der Waals surface area contributed by atoms with E-state index >= 15 is 0 Å². The van der Waals surface area contributed by atoms with E-state index in [1.165, 1.54) is 16.7 Å². The maximum absolute atomic E-state index is 5.85. The second-order valence-electron chi connectivity index (χ2n) is 4.76. The summed E-state index contributed by atoms with van der Waals surface area (Å²) in [4.78, 5) is 0. The third-order valence-electron chi connectivity index (χ3n) is 3.25. The summed E-state index contributed by atoms with van der Waals surface area (Å²) >= 11 is 3.55. The number of hydrogen-bond donors (Lipinski definition) is 1. The van der Waals surface area contributed by atoms with Crippen molar-refractivity contribution in [1.82, 2.24) is 0 Å². The van der Waals surface area contributed by atoms with E-state index in [-0.39, 0.29) is 0 Å². The Morgan fingerprint density at radius 2 is 1.65 bits per heavy atom. The largest absolute Gasteiger partial charge is 0.488 e. The Labute approximate surface area is 129 Å². The summed E-state index contributed by atoms with van der Waals surface area (Å²) in [6.07, 6.45) is 1.95. The summed E-state index contributed by atoms with van der Waals surface area (Å²) < 4.78 is 6.83. The van der Waals surface area contributed by atoms with Gasteiger partial charge in [0.25, 0.3) is 0 Å². The van der Waals surface area contributed by atoms with Gasteiger partial charge in [-0.1, -0.05) is 37.3 Å². The van der Waals surface area contributed by atoms with Gasteiger partial charge in [-0.2, -0.15) is 0 Å². The van der Waals surface area contributed by atoms with Crippen molar-refractivity contribution in [1.29, 1.82) is 0 Å². The van der Waals surface area contributed by atoms with Crippen LogP contribution in [0.4, 0.5) is 0 Å². The molecule has 0 aliphatic carbocycles. The molecule has 2 aromatic rings. The number of aryl methyl sites for hydroxylation is 1. The Balaban J connectivity index is 1.99. The highest BCUT2D eigenvalue weighted by Gasteiger charge is 2.03. The van der Waals surface area contributed by atoms with Gasteiger partial charge in [-0.3, -0.25) is 0 Å². The minimum absolute atomic E-state index is 0.582. The zero-order valence-electron chi connectivity index (χ0n) is 11.7. The van der Waals surface area contributed by atoms with E-state index in [2.05, 4.69) is 59.3 Å². The molecule has 0 amide bonds. The quantitative estimate of drug-likeness (QED) is 0.863. The van der Waals surface area contributed by atoms with E-state index in [1.807, 2.05) is 6.07 Å². The van der Waals surface area contributed by atoms with E-state index in [1.54, 1.807) is 0 Å². The number of benzene rings is 2. The SMILES string of the molecule is CCc1ccc(COc2ccc(CCN)cc2Br)cc1. The van der Waals surface area contributed by atoms with E-state index in [9.17, 15) is 0 Å². The number of rotatable bonds is 6. The highest BCUT2D eigenvalue weighted by atomic mass is 79.9. The first-order valence-electron chi connectivity index (χ1n) is 6.92. The van der Waals surface area contributed by atoms with Crippen molar-refractivity contribution in [2.75, 3.05) is 6.54 Å². The van der Waals surface area contributed by atoms with Crippen molar-refractivity contribution in [2.24, 2.45) is 5.73 Å². The van der Waals surface area contributed by atoms with Crippen LogP contribution < -0.4 is 10.5 Å². The van der Waals surface area contributed by atoms with E-state index in [0.29, 0.717) is 13.2 Å². The van der Waals surface area contributed by atoms with Gasteiger partial charge in [-0.25, -0.2) is 0 Å². The molecule has 0 saturated carbocycles. The van der Waals surface area contributed by atoms with Crippen LogP contribution in [-0.2, 0) is 19.4 Å². The third-order valence-corrected chi connectivity index (χ3v) is 3.87. The first-order chi connectivity index (χ1) is 9.72. The van der Waals surface area contributed by atoms with Crippen LogP contribution in [0.1, 0.15) is 23.6 Å². The molecule has 0 aliphatic rings. The molecular weight excluding hydrogens is 314 g/mol. The van der Waals surface area contributed by atoms with Gasteiger partial charge in [0.05, 0.1) is 4.47 Å². The van der Waals surface area contributed by atoms with Gasteiger partial charge in [-0.15, -0.1) is 0 Å². The van der Waals surface area contributed by atoms with Crippen LogP contribution in [0.25, 0.3) is 0 Å². The number of hydrogen-bond acceptors (Lipinski definition) is 2. The van der Waals surface area contributed by atoms with Crippen LogP contribution >= 0.6 is 15.9 Å². The van der Waals surface area contributed by atoms with Crippen LogP contribution in [0.15, 0.2) is 46.9 Å². The standard InChI is InChI=1S/C17H20BrNO/c1-2-13-3-5-15(6-4-13)12-20-17-8-7-14(9-10-19)11-16(17)18/h3-8,11H,2,9-10,12,19H2,1H3. The van der Waals surface area contributed by atoms with Crippen molar-refractivity contribution in [3.05, 3.63) is 63.6 Å². The maximum Gasteiger partial charge on any atom is 0.134 e. The van der Waals surface area contributed by atoms with Crippen molar-refractivity contribution in [3.8, 4) is 5.75 Å². The Hall–Kier alpha value is -1.32. The highest BCUT2D eigenvalue weighted by molar-refractivity contribution is 9.10.